The third kappa shape index (κ3) is 4.03. The first kappa shape index (κ1) is 21.4. The van der Waals surface area contributed by atoms with Crippen LogP contribution in [0.5, 0.6) is 5.75 Å². The van der Waals surface area contributed by atoms with Gasteiger partial charge in [0.1, 0.15) is 11.4 Å². The minimum Gasteiger partial charge on any atom is -0.497 e. The fourth-order valence-electron chi connectivity index (χ4n) is 3.00. The molecule has 30 heavy (non-hydrogen) atoms. The summed E-state index contributed by atoms with van der Waals surface area (Å²) < 4.78 is 71.8. The lowest BCUT2D eigenvalue weighted by Crippen LogP contribution is -2.13. The zero-order valence-electron chi connectivity index (χ0n) is 15.9. The maximum atomic E-state index is 14.0. The number of rotatable bonds is 4. The van der Waals surface area contributed by atoms with E-state index in [-0.39, 0.29) is 27.3 Å². The molecule has 0 unspecified atom stereocenters. The smallest absolute Gasteiger partial charge is 0.434 e. The van der Waals surface area contributed by atoms with Crippen molar-refractivity contribution in [3.63, 3.8) is 0 Å². The van der Waals surface area contributed by atoms with E-state index in [0.29, 0.717) is 10.4 Å². The number of nitrogens with two attached hydrogens (primary N) is 1. The fraction of sp³-hybridized carbons (Fsp3) is 0.150. The molecule has 0 fully saturated rings. The van der Waals surface area contributed by atoms with E-state index in [0.717, 1.165) is 0 Å². The Hall–Kier alpha value is -3.29. The van der Waals surface area contributed by atoms with Crippen molar-refractivity contribution < 1.29 is 26.3 Å². The second-order valence-electron chi connectivity index (χ2n) is 6.11. The molecule has 3 aromatic rings. The highest BCUT2D eigenvalue weighted by atomic mass is 32.2. The Bertz CT molecular complexity index is 1250. The second-order valence-corrected chi connectivity index (χ2v) is 7.64. The molecule has 0 radical (unpaired) electrons. The van der Waals surface area contributed by atoms with Crippen LogP contribution < -0.4 is 9.88 Å². The van der Waals surface area contributed by atoms with Crippen LogP contribution in [0.25, 0.3) is 22.4 Å². The van der Waals surface area contributed by atoms with Crippen LogP contribution in [0, 0.1) is 12.0 Å². The Morgan fingerprint density at radius 2 is 1.73 bits per heavy atom. The summed E-state index contributed by atoms with van der Waals surface area (Å²) in [5, 5.41) is 9.28. The normalized spacial score (nSPS) is 11.7. The first-order chi connectivity index (χ1) is 14.1. The van der Waals surface area contributed by atoms with Crippen molar-refractivity contribution in [3.8, 4) is 40.1 Å². The summed E-state index contributed by atoms with van der Waals surface area (Å²) in [4.78, 5) is -0.345. The highest BCUT2D eigenvalue weighted by molar-refractivity contribution is 7.89. The topological polar surface area (TPSA) is 87.2 Å². The van der Waals surface area contributed by atoms with Gasteiger partial charge in [-0.3, -0.25) is 0 Å². The molecule has 0 atom stereocenters. The third-order valence-corrected chi connectivity index (χ3v) is 5.17. The SMILES string of the molecule is CC#Cn1nc(-c2ccccc2S(N)(=O)=O)c(-c2ccc(OC)cc2)c1C(F)(F)F. The molecule has 0 saturated carbocycles. The lowest BCUT2D eigenvalue weighted by atomic mass is 9.98. The van der Waals surface area contributed by atoms with Crippen molar-refractivity contribution in [2.24, 2.45) is 5.14 Å². The van der Waals surface area contributed by atoms with Gasteiger partial charge in [0.25, 0.3) is 0 Å². The van der Waals surface area contributed by atoms with E-state index >= 15 is 0 Å². The Balaban J connectivity index is 2.46. The molecular formula is C20H16F3N3O3S. The molecule has 0 saturated heterocycles. The summed E-state index contributed by atoms with van der Waals surface area (Å²) in [7, 11) is -2.80. The van der Waals surface area contributed by atoms with Crippen LogP contribution >= 0.6 is 0 Å². The van der Waals surface area contributed by atoms with Crippen LogP contribution in [0.4, 0.5) is 13.2 Å². The summed E-state index contributed by atoms with van der Waals surface area (Å²) in [5.41, 5.74) is -1.55. The van der Waals surface area contributed by atoms with Gasteiger partial charge in [0.05, 0.1) is 12.0 Å². The van der Waals surface area contributed by atoms with E-state index in [4.69, 9.17) is 9.88 Å². The van der Waals surface area contributed by atoms with Gasteiger partial charge in [-0.05, 0) is 30.7 Å². The number of ether oxygens (including phenoxy) is 1. The molecule has 0 spiro atoms. The minimum absolute atomic E-state index is 0.0621. The first-order valence-corrected chi connectivity index (χ1v) is 10.0. The third-order valence-electron chi connectivity index (χ3n) is 4.20. The number of aromatic nitrogens is 2. The molecule has 3 rings (SSSR count). The molecule has 156 valence electrons. The van der Waals surface area contributed by atoms with Gasteiger partial charge in [0, 0.05) is 17.2 Å². The van der Waals surface area contributed by atoms with Crippen molar-refractivity contribution in [1.29, 1.82) is 0 Å². The van der Waals surface area contributed by atoms with Crippen LogP contribution in [-0.2, 0) is 16.2 Å². The van der Waals surface area contributed by atoms with Gasteiger partial charge in [-0.15, -0.1) is 0 Å². The molecule has 2 aromatic carbocycles. The van der Waals surface area contributed by atoms with Gasteiger partial charge in [-0.2, -0.15) is 23.0 Å². The largest absolute Gasteiger partial charge is 0.497 e. The van der Waals surface area contributed by atoms with Gasteiger partial charge in [0.2, 0.25) is 10.0 Å². The van der Waals surface area contributed by atoms with Crippen LogP contribution in [0.3, 0.4) is 0 Å². The van der Waals surface area contributed by atoms with Crippen molar-refractivity contribution in [1.82, 2.24) is 9.78 Å². The Labute approximate surface area is 171 Å². The summed E-state index contributed by atoms with van der Waals surface area (Å²) in [6.45, 7) is 1.37. The lowest BCUT2D eigenvalue weighted by molar-refractivity contribution is -0.142. The number of hydrogen-bond donors (Lipinski definition) is 1. The molecule has 0 aliphatic heterocycles. The molecule has 0 bridgehead atoms. The molecule has 2 N–H and O–H groups in total. The van der Waals surface area contributed by atoms with Crippen LogP contribution in [0.1, 0.15) is 12.6 Å². The molecule has 0 aliphatic rings. The number of primary sulfonamides is 1. The highest BCUT2D eigenvalue weighted by Gasteiger charge is 2.41. The second kappa shape index (κ2) is 7.85. The maximum absolute atomic E-state index is 14.0. The number of nitrogens with zero attached hydrogens (tertiary/aromatic N) is 2. The summed E-state index contributed by atoms with van der Waals surface area (Å²) in [5.74, 6) is 2.83. The standard InChI is InChI=1S/C20H16F3N3O3S/c1-3-12-26-19(20(21,22)23)17(13-8-10-14(29-2)11-9-13)18(25-26)15-6-4-5-7-16(15)30(24,27)28/h4-11H,1-2H3,(H2,24,27,28). The van der Waals surface area contributed by atoms with Crippen molar-refractivity contribution in [3.05, 3.63) is 54.2 Å². The van der Waals surface area contributed by atoms with Gasteiger partial charge in [-0.1, -0.05) is 36.3 Å². The fourth-order valence-corrected chi connectivity index (χ4v) is 3.74. The van der Waals surface area contributed by atoms with Gasteiger partial charge >= 0.3 is 6.18 Å². The average Bonchev–Trinajstić information content (AvgIpc) is 3.07. The van der Waals surface area contributed by atoms with E-state index in [1.165, 1.54) is 62.6 Å². The van der Waals surface area contributed by atoms with E-state index in [1.807, 2.05) is 0 Å². The molecule has 6 nitrogen and oxygen atoms in total. The molecule has 0 aliphatic carbocycles. The Morgan fingerprint density at radius 1 is 1.10 bits per heavy atom. The van der Waals surface area contributed by atoms with E-state index in [9.17, 15) is 21.6 Å². The number of sulfonamides is 1. The zero-order chi connectivity index (χ0) is 22.1. The molecule has 1 aromatic heterocycles. The predicted octanol–water partition coefficient (Wildman–Crippen LogP) is 3.72. The number of benzene rings is 2. The molecule has 1 heterocycles. The number of hydrogen-bond acceptors (Lipinski definition) is 4. The van der Waals surface area contributed by atoms with E-state index < -0.39 is 21.9 Å². The van der Waals surface area contributed by atoms with Crippen molar-refractivity contribution in [2.75, 3.05) is 7.11 Å². The summed E-state index contributed by atoms with van der Waals surface area (Å²) in [6, 6.07) is 13.6. The van der Waals surface area contributed by atoms with Crippen molar-refractivity contribution in [2.45, 2.75) is 18.0 Å². The van der Waals surface area contributed by atoms with Crippen LogP contribution in [-0.4, -0.2) is 25.3 Å². The first-order valence-electron chi connectivity index (χ1n) is 8.47. The van der Waals surface area contributed by atoms with Gasteiger partial charge < -0.3 is 4.74 Å². The lowest BCUT2D eigenvalue weighted by Gasteiger charge is -2.12. The van der Waals surface area contributed by atoms with Gasteiger partial charge in [-0.25, -0.2) is 13.6 Å². The summed E-state index contributed by atoms with van der Waals surface area (Å²) in [6.07, 6.45) is -4.82. The van der Waals surface area contributed by atoms with Crippen LogP contribution in [0.15, 0.2) is 53.4 Å². The quantitative estimate of drug-likeness (QED) is 0.633. The van der Waals surface area contributed by atoms with E-state index in [2.05, 4.69) is 17.1 Å². The predicted molar refractivity (Wildman–Crippen MR) is 105 cm³/mol. The maximum Gasteiger partial charge on any atom is 0.434 e. The minimum atomic E-state index is -4.82. The monoisotopic (exact) mass is 435 g/mol. The molecule has 10 heteroatoms. The number of alkyl halides is 3. The van der Waals surface area contributed by atoms with E-state index in [1.54, 1.807) is 0 Å². The Morgan fingerprint density at radius 3 is 2.27 bits per heavy atom. The average molecular weight is 435 g/mol. The number of halogens is 3. The van der Waals surface area contributed by atoms with Crippen LogP contribution in [0.2, 0.25) is 0 Å². The summed E-state index contributed by atoms with van der Waals surface area (Å²) >= 11 is 0. The molecular weight excluding hydrogens is 419 g/mol. The highest BCUT2D eigenvalue weighted by Crippen LogP contribution is 2.43. The number of methoxy groups -OCH3 is 1. The van der Waals surface area contributed by atoms with Crippen molar-refractivity contribution >= 4 is 10.0 Å². The van der Waals surface area contributed by atoms with Gasteiger partial charge in [0.15, 0.2) is 5.69 Å². The Kier molecular flexibility index (Phi) is 5.61. The zero-order valence-corrected chi connectivity index (χ0v) is 16.7. The molecule has 0 amide bonds.